The van der Waals surface area contributed by atoms with Crippen molar-refractivity contribution in [3.05, 3.63) is 0 Å². The molecule has 2 unspecified atom stereocenters. The van der Waals surface area contributed by atoms with Crippen molar-refractivity contribution in [2.45, 2.75) is 25.8 Å². The average molecular weight is 259 g/mol. The van der Waals surface area contributed by atoms with E-state index in [1.54, 1.807) is 13.8 Å². The predicted octanol–water partition coefficient (Wildman–Crippen LogP) is -0.643. The second-order valence-electron chi connectivity index (χ2n) is 5.02. The highest BCUT2D eigenvalue weighted by atomic mass is 32.2. The first-order valence-corrected chi connectivity index (χ1v) is 7.41. The van der Waals surface area contributed by atoms with Crippen LogP contribution in [0.3, 0.4) is 0 Å². The van der Waals surface area contributed by atoms with Gasteiger partial charge < -0.3 is 5.73 Å². The minimum absolute atomic E-state index is 0.0141. The summed E-state index contributed by atoms with van der Waals surface area (Å²) in [4.78, 5) is 12.1. The Morgan fingerprint density at radius 2 is 2.24 bits per heavy atom. The number of nitrogens with two attached hydrogens (primary N) is 1. The summed E-state index contributed by atoms with van der Waals surface area (Å²) >= 11 is 0. The van der Waals surface area contributed by atoms with Gasteiger partial charge in [0.25, 0.3) is 5.91 Å². The number of amides is 1. The maximum Gasteiger partial charge on any atom is 0.253 e. The standard InChI is InChI=1S/C10H17N3O3S/c1-7-8(5-11)9(14)13(12-7)10(2)3-4-17(15,16)6-10/h8H,3-6,11H2,1-2H3. The fourth-order valence-electron chi connectivity index (χ4n) is 2.42. The quantitative estimate of drug-likeness (QED) is 0.713. The minimum atomic E-state index is -3.05. The molecule has 1 amide bonds. The first kappa shape index (κ1) is 12.5. The second-order valence-corrected chi connectivity index (χ2v) is 7.20. The molecule has 0 aromatic heterocycles. The molecule has 96 valence electrons. The first-order valence-electron chi connectivity index (χ1n) is 5.59. The van der Waals surface area contributed by atoms with Crippen LogP contribution < -0.4 is 5.73 Å². The van der Waals surface area contributed by atoms with Gasteiger partial charge in [-0.05, 0) is 20.3 Å². The number of carbonyl (C=O) groups is 1. The van der Waals surface area contributed by atoms with Gasteiger partial charge in [-0.2, -0.15) is 5.10 Å². The average Bonchev–Trinajstić information content (AvgIpc) is 2.66. The highest BCUT2D eigenvalue weighted by Gasteiger charge is 2.49. The molecule has 0 aromatic rings. The van der Waals surface area contributed by atoms with E-state index in [2.05, 4.69) is 5.10 Å². The molecule has 0 spiro atoms. The minimum Gasteiger partial charge on any atom is -0.329 e. The van der Waals surface area contributed by atoms with Crippen molar-refractivity contribution >= 4 is 21.5 Å². The van der Waals surface area contributed by atoms with E-state index in [0.29, 0.717) is 12.1 Å². The summed E-state index contributed by atoms with van der Waals surface area (Å²) in [5, 5.41) is 5.53. The van der Waals surface area contributed by atoms with Crippen molar-refractivity contribution in [1.82, 2.24) is 5.01 Å². The van der Waals surface area contributed by atoms with Crippen molar-refractivity contribution in [1.29, 1.82) is 0 Å². The van der Waals surface area contributed by atoms with Crippen LogP contribution in [-0.2, 0) is 14.6 Å². The Morgan fingerprint density at radius 1 is 1.59 bits per heavy atom. The van der Waals surface area contributed by atoms with Crippen LogP contribution in [0.25, 0.3) is 0 Å². The normalized spacial score (nSPS) is 36.4. The van der Waals surface area contributed by atoms with Crippen LogP contribution in [0.15, 0.2) is 5.10 Å². The highest BCUT2D eigenvalue weighted by molar-refractivity contribution is 7.91. The smallest absolute Gasteiger partial charge is 0.253 e. The molecule has 0 bridgehead atoms. The molecular formula is C10H17N3O3S. The van der Waals surface area contributed by atoms with E-state index in [4.69, 9.17) is 5.73 Å². The number of hydrazone groups is 1. The lowest BCUT2D eigenvalue weighted by Crippen LogP contribution is -2.47. The second kappa shape index (κ2) is 3.78. The van der Waals surface area contributed by atoms with Crippen LogP contribution in [0.1, 0.15) is 20.3 Å². The third-order valence-corrected chi connectivity index (χ3v) is 5.39. The molecule has 1 saturated heterocycles. The summed E-state index contributed by atoms with van der Waals surface area (Å²) in [5.41, 5.74) is 5.49. The summed E-state index contributed by atoms with van der Waals surface area (Å²) in [7, 11) is -3.05. The summed E-state index contributed by atoms with van der Waals surface area (Å²) in [6.07, 6.45) is 0.440. The molecule has 0 radical (unpaired) electrons. The van der Waals surface area contributed by atoms with E-state index >= 15 is 0 Å². The first-order chi connectivity index (χ1) is 7.79. The van der Waals surface area contributed by atoms with E-state index in [1.807, 2.05) is 0 Å². The van der Waals surface area contributed by atoms with Gasteiger partial charge in [-0.1, -0.05) is 0 Å². The Labute approximate surface area is 101 Å². The monoisotopic (exact) mass is 259 g/mol. The van der Waals surface area contributed by atoms with Crippen LogP contribution in [0.2, 0.25) is 0 Å². The molecule has 0 aromatic carbocycles. The molecular weight excluding hydrogens is 242 g/mol. The Hall–Kier alpha value is -0.950. The predicted molar refractivity (Wildman–Crippen MR) is 64.2 cm³/mol. The molecule has 2 aliphatic rings. The number of carbonyl (C=O) groups excluding carboxylic acids is 1. The Kier molecular flexibility index (Phi) is 2.78. The molecule has 2 aliphatic heterocycles. The number of sulfone groups is 1. The number of hydrogen-bond acceptors (Lipinski definition) is 5. The summed E-state index contributed by atoms with van der Waals surface area (Å²) in [6, 6.07) is 0. The molecule has 2 rings (SSSR count). The Balaban J connectivity index is 2.29. The lowest BCUT2D eigenvalue weighted by atomic mass is 9.99. The molecule has 0 saturated carbocycles. The van der Waals surface area contributed by atoms with Crippen molar-refractivity contribution in [2.24, 2.45) is 16.8 Å². The van der Waals surface area contributed by atoms with Gasteiger partial charge in [-0.3, -0.25) is 4.79 Å². The molecule has 0 aliphatic carbocycles. The van der Waals surface area contributed by atoms with Gasteiger partial charge >= 0.3 is 0 Å². The molecule has 7 heteroatoms. The molecule has 2 atom stereocenters. The van der Waals surface area contributed by atoms with E-state index in [-0.39, 0.29) is 24.0 Å². The topological polar surface area (TPSA) is 92.8 Å². The molecule has 6 nitrogen and oxygen atoms in total. The zero-order valence-electron chi connectivity index (χ0n) is 10.0. The van der Waals surface area contributed by atoms with Gasteiger partial charge in [0.2, 0.25) is 0 Å². The van der Waals surface area contributed by atoms with Crippen molar-refractivity contribution in [2.75, 3.05) is 18.1 Å². The van der Waals surface area contributed by atoms with E-state index in [9.17, 15) is 13.2 Å². The van der Waals surface area contributed by atoms with Crippen LogP contribution >= 0.6 is 0 Å². The molecule has 1 fully saturated rings. The van der Waals surface area contributed by atoms with Crippen LogP contribution in [-0.4, -0.2) is 48.6 Å². The van der Waals surface area contributed by atoms with E-state index in [1.165, 1.54) is 5.01 Å². The number of rotatable bonds is 2. The fraction of sp³-hybridized carbons (Fsp3) is 0.800. The lowest BCUT2D eigenvalue weighted by molar-refractivity contribution is -0.136. The van der Waals surface area contributed by atoms with Gasteiger partial charge in [-0.15, -0.1) is 0 Å². The maximum atomic E-state index is 12.1. The third kappa shape index (κ3) is 1.97. The van der Waals surface area contributed by atoms with Gasteiger partial charge in [-0.25, -0.2) is 13.4 Å². The van der Waals surface area contributed by atoms with E-state index in [0.717, 1.165) is 0 Å². The zero-order valence-corrected chi connectivity index (χ0v) is 10.8. The zero-order chi connectivity index (χ0) is 12.8. The van der Waals surface area contributed by atoms with Gasteiger partial charge in [0.05, 0.1) is 23.0 Å². The Bertz CT molecular complexity index is 485. The number of nitrogens with zero attached hydrogens (tertiary/aromatic N) is 2. The fourth-order valence-corrected chi connectivity index (χ4v) is 4.53. The largest absolute Gasteiger partial charge is 0.329 e. The summed E-state index contributed by atoms with van der Waals surface area (Å²) in [5.74, 6) is -0.464. The SMILES string of the molecule is CC1=NN(C2(C)CCS(=O)(=O)C2)C(=O)C1CN. The van der Waals surface area contributed by atoms with Crippen molar-refractivity contribution < 1.29 is 13.2 Å². The maximum absolute atomic E-state index is 12.1. The van der Waals surface area contributed by atoms with Crippen LogP contribution in [0, 0.1) is 5.92 Å². The highest BCUT2D eigenvalue weighted by Crippen LogP contribution is 2.33. The Morgan fingerprint density at radius 3 is 2.65 bits per heavy atom. The van der Waals surface area contributed by atoms with Crippen LogP contribution in [0.4, 0.5) is 0 Å². The summed E-state index contributed by atoms with van der Waals surface area (Å²) in [6.45, 7) is 3.74. The van der Waals surface area contributed by atoms with Crippen LogP contribution in [0.5, 0.6) is 0 Å². The molecule has 2 N–H and O–H groups in total. The summed E-state index contributed by atoms with van der Waals surface area (Å²) < 4.78 is 23.1. The third-order valence-electron chi connectivity index (χ3n) is 3.50. The number of hydrogen-bond donors (Lipinski definition) is 1. The lowest BCUT2D eigenvalue weighted by Gasteiger charge is -2.31. The van der Waals surface area contributed by atoms with Gasteiger partial charge in [0.15, 0.2) is 9.84 Å². The van der Waals surface area contributed by atoms with Gasteiger partial charge in [0, 0.05) is 12.3 Å². The molecule has 17 heavy (non-hydrogen) atoms. The van der Waals surface area contributed by atoms with Gasteiger partial charge in [0.1, 0.15) is 0 Å². The van der Waals surface area contributed by atoms with E-state index < -0.39 is 21.3 Å². The molecule has 2 heterocycles. The van der Waals surface area contributed by atoms with Crippen molar-refractivity contribution in [3.8, 4) is 0 Å². The van der Waals surface area contributed by atoms with Crippen molar-refractivity contribution in [3.63, 3.8) is 0 Å².